The van der Waals surface area contributed by atoms with Gasteiger partial charge >= 0.3 is 0 Å². The van der Waals surface area contributed by atoms with E-state index in [0.717, 1.165) is 51.1 Å². The highest BCUT2D eigenvalue weighted by molar-refractivity contribution is 14.0. The molecule has 2 heterocycles. The highest BCUT2D eigenvalue weighted by atomic mass is 127. The highest BCUT2D eigenvalue weighted by Crippen LogP contribution is 2.23. The third-order valence-corrected chi connectivity index (χ3v) is 5.11. The maximum atomic E-state index is 5.56. The summed E-state index contributed by atoms with van der Waals surface area (Å²) in [6.07, 6.45) is 4.14. The summed E-state index contributed by atoms with van der Waals surface area (Å²) in [5, 5.41) is 6.90. The molecule has 2 aromatic rings. The first-order valence-electron chi connectivity index (χ1n) is 10.3. The molecule has 8 heteroatoms. The standard InChI is InChI=1S/C22H33N5O2.HI/c1-4-23-22(24-15-18-9-10-26(2)17-18)25-16-21(27-11-13-29-14-12-27)19-5-7-20(28-3)8-6-19;/h5-10,17,21H,4,11-16H2,1-3H3,(H2,23,24,25);1H. The Hall–Kier alpha value is -1.78. The molecule has 0 bridgehead atoms. The smallest absolute Gasteiger partial charge is 0.191 e. The number of nitrogens with one attached hydrogen (secondary N) is 2. The number of halogens is 1. The van der Waals surface area contributed by atoms with Crippen molar-refractivity contribution in [2.45, 2.75) is 19.5 Å². The molecule has 1 atom stereocenters. The lowest BCUT2D eigenvalue weighted by atomic mass is 10.0. The van der Waals surface area contributed by atoms with Crippen LogP contribution in [0.15, 0.2) is 47.7 Å². The zero-order chi connectivity index (χ0) is 20.5. The highest BCUT2D eigenvalue weighted by Gasteiger charge is 2.23. The largest absolute Gasteiger partial charge is 0.497 e. The van der Waals surface area contributed by atoms with Crippen LogP contribution in [0.1, 0.15) is 24.1 Å². The van der Waals surface area contributed by atoms with E-state index < -0.39 is 0 Å². The minimum absolute atomic E-state index is 0. The van der Waals surface area contributed by atoms with Crippen LogP contribution in [-0.2, 0) is 18.3 Å². The van der Waals surface area contributed by atoms with Crippen molar-refractivity contribution in [2.75, 3.05) is 46.5 Å². The van der Waals surface area contributed by atoms with Crippen molar-refractivity contribution in [3.8, 4) is 5.75 Å². The average molecular weight is 527 g/mol. The Morgan fingerprint density at radius 1 is 1.17 bits per heavy atom. The van der Waals surface area contributed by atoms with Crippen molar-refractivity contribution in [3.05, 3.63) is 53.9 Å². The molecular weight excluding hydrogens is 493 g/mol. The van der Waals surface area contributed by atoms with E-state index in [1.807, 2.05) is 29.9 Å². The van der Waals surface area contributed by atoms with Gasteiger partial charge in [-0.1, -0.05) is 12.1 Å². The molecule has 0 saturated carbocycles. The SMILES string of the molecule is CCNC(=NCc1ccn(C)c1)NCC(c1ccc(OC)cc1)N1CCOCC1.I. The van der Waals surface area contributed by atoms with Crippen LogP contribution in [0.3, 0.4) is 0 Å². The van der Waals surface area contributed by atoms with E-state index in [2.05, 4.69) is 46.9 Å². The molecule has 1 aliphatic rings. The lowest BCUT2D eigenvalue weighted by Crippen LogP contribution is -2.46. The summed E-state index contributed by atoms with van der Waals surface area (Å²) in [5.74, 6) is 1.71. The van der Waals surface area contributed by atoms with E-state index in [0.29, 0.717) is 6.54 Å². The second-order valence-corrected chi connectivity index (χ2v) is 7.20. The molecule has 1 aromatic heterocycles. The van der Waals surface area contributed by atoms with Crippen molar-refractivity contribution < 1.29 is 9.47 Å². The van der Waals surface area contributed by atoms with Crippen molar-refractivity contribution in [1.82, 2.24) is 20.1 Å². The van der Waals surface area contributed by atoms with Gasteiger partial charge in [-0.05, 0) is 36.2 Å². The molecule has 0 amide bonds. The molecule has 1 aliphatic heterocycles. The lowest BCUT2D eigenvalue weighted by Gasteiger charge is -2.35. The average Bonchev–Trinajstić information content (AvgIpc) is 3.18. The summed E-state index contributed by atoms with van der Waals surface area (Å²) >= 11 is 0. The number of hydrogen-bond donors (Lipinski definition) is 2. The fourth-order valence-corrected chi connectivity index (χ4v) is 3.53. The number of ether oxygens (including phenoxy) is 2. The number of methoxy groups -OCH3 is 1. The van der Waals surface area contributed by atoms with Gasteiger partial charge in [-0.15, -0.1) is 24.0 Å². The van der Waals surface area contributed by atoms with Gasteiger partial charge in [0.1, 0.15) is 5.75 Å². The second-order valence-electron chi connectivity index (χ2n) is 7.20. The quantitative estimate of drug-likeness (QED) is 0.314. The topological polar surface area (TPSA) is 63.0 Å². The van der Waals surface area contributed by atoms with Crippen LogP contribution < -0.4 is 15.4 Å². The Bertz CT molecular complexity index is 772. The molecule has 1 fully saturated rings. The summed E-state index contributed by atoms with van der Waals surface area (Å²) < 4.78 is 12.9. The van der Waals surface area contributed by atoms with Crippen LogP contribution >= 0.6 is 24.0 Å². The van der Waals surface area contributed by atoms with Crippen molar-refractivity contribution >= 4 is 29.9 Å². The summed E-state index contributed by atoms with van der Waals surface area (Å²) in [6, 6.07) is 10.7. The van der Waals surface area contributed by atoms with Crippen LogP contribution in [0.5, 0.6) is 5.75 Å². The summed E-state index contributed by atoms with van der Waals surface area (Å²) in [7, 11) is 3.72. The van der Waals surface area contributed by atoms with E-state index in [1.54, 1.807) is 7.11 Å². The second kappa shape index (κ2) is 12.8. The van der Waals surface area contributed by atoms with Crippen molar-refractivity contribution in [2.24, 2.45) is 12.0 Å². The van der Waals surface area contributed by atoms with E-state index >= 15 is 0 Å². The molecule has 30 heavy (non-hydrogen) atoms. The number of hydrogen-bond acceptors (Lipinski definition) is 4. The van der Waals surface area contributed by atoms with Gasteiger partial charge in [0.25, 0.3) is 0 Å². The first-order chi connectivity index (χ1) is 14.2. The molecule has 0 radical (unpaired) electrons. The number of morpholine rings is 1. The Morgan fingerprint density at radius 3 is 2.50 bits per heavy atom. The van der Waals surface area contributed by atoms with E-state index in [1.165, 1.54) is 11.1 Å². The van der Waals surface area contributed by atoms with E-state index in [4.69, 9.17) is 14.5 Å². The Kier molecular flexibility index (Phi) is 10.5. The molecule has 1 aromatic carbocycles. The normalized spacial score (nSPS) is 15.9. The van der Waals surface area contributed by atoms with Crippen LogP contribution in [-0.4, -0.2) is 61.9 Å². The molecule has 166 valence electrons. The Balaban J connectivity index is 0.00000320. The number of aromatic nitrogens is 1. The fraction of sp³-hybridized carbons (Fsp3) is 0.500. The maximum Gasteiger partial charge on any atom is 0.191 e. The number of benzene rings is 1. The predicted octanol–water partition coefficient (Wildman–Crippen LogP) is 2.78. The van der Waals surface area contributed by atoms with Crippen LogP contribution in [0, 0.1) is 0 Å². The Morgan fingerprint density at radius 2 is 1.90 bits per heavy atom. The van der Waals surface area contributed by atoms with Crippen molar-refractivity contribution in [1.29, 1.82) is 0 Å². The number of aliphatic imine (C=N–C) groups is 1. The molecule has 0 aliphatic carbocycles. The minimum Gasteiger partial charge on any atom is -0.497 e. The zero-order valence-electron chi connectivity index (χ0n) is 18.1. The van der Waals surface area contributed by atoms with E-state index in [-0.39, 0.29) is 30.0 Å². The van der Waals surface area contributed by atoms with Gasteiger partial charge in [0.05, 0.1) is 32.9 Å². The summed E-state index contributed by atoms with van der Waals surface area (Å²) in [4.78, 5) is 7.22. The third-order valence-electron chi connectivity index (χ3n) is 5.11. The first kappa shape index (κ1) is 24.5. The fourth-order valence-electron chi connectivity index (χ4n) is 3.53. The molecule has 0 spiro atoms. The van der Waals surface area contributed by atoms with Gasteiger partial charge in [-0.2, -0.15) is 0 Å². The van der Waals surface area contributed by atoms with Crippen LogP contribution in [0.25, 0.3) is 0 Å². The monoisotopic (exact) mass is 527 g/mol. The van der Waals surface area contributed by atoms with Gasteiger partial charge in [-0.25, -0.2) is 4.99 Å². The van der Waals surface area contributed by atoms with Gasteiger partial charge in [0.2, 0.25) is 0 Å². The number of guanidine groups is 1. The molecule has 3 rings (SSSR count). The minimum atomic E-state index is 0. The van der Waals surface area contributed by atoms with E-state index in [9.17, 15) is 0 Å². The van der Waals surface area contributed by atoms with Crippen molar-refractivity contribution in [3.63, 3.8) is 0 Å². The van der Waals surface area contributed by atoms with Gasteiger partial charge in [-0.3, -0.25) is 4.90 Å². The number of rotatable bonds is 8. The van der Waals surface area contributed by atoms with Crippen LogP contribution in [0.4, 0.5) is 0 Å². The predicted molar refractivity (Wildman–Crippen MR) is 132 cm³/mol. The summed E-state index contributed by atoms with van der Waals surface area (Å²) in [5.41, 5.74) is 2.46. The zero-order valence-corrected chi connectivity index (χ0v) is 20.5. The number of aryl methyl sites for hydroxylation is 1. The lowest BCUT2D eigenvalue weighted by molar-refractivity contribution is 0.0170. The maximum absolute atomic E-state index is 5.56. The third kappa shape index (κ3) is 7.17. The molecule has 1 unspecified atom stereocenters. The summed E-state index contributed by atoms with van der Waals surface area (Å²) in [6.45, 7) is 7.73. The molecule has 1 saturated heterocycles. The van der Waals surface area contributed by atoms with Gasteiger partial charge < -0.3 is 24.7 Å². The molecule has 2 N–H and O–H groups in total. The molecule has 7 nitrogen and oxygen atoms in total. The number of nitrogens with zero attached hydrogens (tertiary/aromatic N) is 3. The van der Waals surface area contributed by atoms with Gasteiger partial charge in [0, 0.05) is 45.6 Å². The first-order valence-corrected chi connectivity index (χ1v) is 10.3. The van der Waals surface area contributed by atoms with Crippen LogP contribution in [0.2, 0.25) is 0 Å². The Labute approximate surface area is 196 Å². The van der Waals surface area contributed by atoms with Gasteiger partial charge in [0.15, 0.2) is 5.96 Å². The molecular formula is C22H34IN5O2.